The lowest BCUT2D eigenvalue weighted by Gasteiger charge is -2.28. The Kier molecular flexibility index (Phi) is 7.32. The molecule has 0 fully saturated rings. The Morgan fingerprint density at radius 2 is 1.71 bits per heavy atom. The van der Waals surface area contributed by atoms with Gasteiger partial charge < -0.3 is 9.29 Å². The minimum Gasteiger partial charge on any atom is -0.598 e. The Morgan fingerprint density at radius 3 is 2.12 bits per heavy atom. The van der Waals surface area contributed by atoms with E-state index >= 15 is 0 Å². The summed E-state index contributed by atoms with van der Waals surface area (Å²) < 4.78 is 20.7. The highest BCUT2D eigenvalue weighted by molar-refractivity contribution is 7.90. The van der Waals surface area contributed by atoms with E-state index in [1.54, 1.807) is 12.1 Å². The summed E-state index contributed by atoms with van der Waals surface area (Å²) in [5, 5.41) is 0. The number of hydrogen-bond acceptors (Lipinski definition) is 4. The van der Waals surface area contributed by atoms with E-state index in [1.807, 2.05) is 53.7 Å². The van der Waals surface area contributed by atoms with Gasteiger partial charge in [-0.15, -0.1) is 4.72 Å². The molecule has 24 heavy (non-hydrogen) atoms. The average molecular weight is 354 g/mol. The van der Waals surface area contributed by atoms with Crippen molar-refractivity contribution in [1.82, 2.24) is 4.72 Å². The van der Waals surface area contributed by atoms with Gasteiger partial charge in [0.05, 0.1) is 11.6 Å². The molecule has 0 aliphatic rings. The quantitative estimate of drug-likeness (QED) is 0.603. The fourth-order valence-corrected chi connectivity index (χ4v) is 2.94. The second kappa shape index (κ2) is 8.37. The van der Waals surface area contributed by atoms with E-state index in [0.29, 0.717) is 5.56 Å². The Bertz CT molecular complexity index is 529. The van der Waals surface area contributed by atoms with Crippen LogP contribution in [0.4, 0.5) is 0 Å². The van der Waals surface area contributed by atoms with Crippen LogP contribution in [-0.4, -0.2) is 20.9 Å². The van der Waals surface area contributed by atoms with Crippen LogP contribution in [0.1, 0.15) is 83.3 Å². The molecule has 4 nitrogen and oxygen atoms in total. The van der Waals surface area contributed by atoms with E-state index in [-0.39, 0.29) is 16.8 Å². The standard InChI is InChI=1S/C19H31NO3S/c1-8-9-16(20-24(22)19(5,6)7)14-10-12-15(13-11-14)17(21)23-18(2,3)4/h10-13,16,20H,8-9H2,1-7H3/t16-,24?/m1/s1. The summed E-state index contributed by atoms with van der Waals surface area (Å²) in [6, 6.07) is 7.36. The molecule has 0 spiro atoms. The Hall–Kier alpha value is -1.04. The Labute approximate surface area is 149 Å². The number of carbonyl (C=O) groups is 1. The van der Waals surface area contributed by atoms with Gasteiger partial charge in [-0.3, -0.25) is 0 Å². The highest BCUT2D eigenvalue weighted by Crippen LogP contribution is 2.24. The molecule has 0 bridgehead atoms. The zero-order chi connectivity index (χ0) is 18.5. The van der Waals surface area contributed by atoms with Gasteiger partial charge in [0, 0.05) is 11.4 Å². The highest BCUT2D eigenvalue weighted by atomic mass is 32.2. The van der Waals surface area contributed by atoms with Crippen LogP contribution < -0.4 is 4.72 Å². The minimum atomic E-state index is -1.14. The number of rotatable bonds is 6. The first-order chi connectivity index (χ1) is 10.9. The maximum atomic E-state index is 12.4. The summed E-state index contributed by atoms with van der Waals surface area (Å²) in [6.45, 7) is 13.5. The van der Waals surface area contributed by atoms with Gasteiger partial charge in [-0.1, -0.05) is 25.5 Å². The number of hydrogen-bond donors (Lipinski definition) is 1. The molecule has 1 aromatic rings. The molecule has 0 aliphatic carbocycles. The molecule has 1 unspecified atom stereocenters. The normalized spacial score (nSPS) is 15.0. The van der Waals surface area contributed by atoms with Gasteiger partial charge in [0.25, 0.3) is 0 Å². The van der Waals surface area contributed by atoms with Crippen molar-refractivity contribution >= 4 is 17.3 Å². The third-order valence-electron chi connectivity index (χ3n) is 3.33. The number of carbonyl (C=O) groups excluding carboxylic acids is 1. The number of ether oxygens (including phenoxy) is 1. The molecule has 0 saturated carbocycles. The zero-order valence-corrected chi connectivity index (χ0v) is 16.8. The van der Waals surface area contributed by atoms with Crippen molar-refractivity contribution in [1.29, 1.82) is 0 Å². The monoisotopic (exact) mass is 353 g/mol. The van der Waals surface area contributed by atoms with Crippen LogP contribution in [0.15, 0.2) is 24.3 Å². The lowest BCUT2D eigenvalue weighted by atomic mass is 10.0. The SMILES string of the molecule is CCC[C@@H](N[S+]([O-])C(C)(C)C)c1ccc(C(=O)OC(C)(C)C)cc1. The second-order valence-corrected chi connectivity index (χ2v) is 9.96. The van der Waals surface area contributed by atoms with Crippen molar-refractivity contribution < 1.29 is 14.1 Å². The van der Waals surface area contributed by atoms with Gasteiger partial charge in [-0.05, 0) is 65.7 Å². The highest BCUT2D eigenvalue weighted by Gasteiger charge is 2.29. The topological polar surface area (TPSA) is 61.4 Å². The summed E-state index contributed by atoms with van der Waals surface area (Å²) in [5.41, 5.74) is 1.05. The summed E-state index contributed by atoms with van der Waals surface area (Å²) in [4.78, 5) is 12.1. The largest absolute Gasteiger partial charge is 0.598 e. The van der Waals surface area contributed by atoms with Crippen molar-refractivity contribution in [3.8, 4) is 0 Å². The lowest BCUT2D eigenvalue weighted by molar-refractivity contribution is 0.00695. The van der Waals surface area contributed by atoms with E-state index in [2.05, 4.69) is 11.6 Å². The molecule has 0 aliphatic heterocycles. The van der Waals surface area contributed by atoms with E-state index < -0.39 is 17.0 Å². The maximum Gasteiger partial charge on any atom is 0.338 e. The summed E-state index contributed by atoms with van der Waals surface area (Å²) in [7, 11) is 0. The van der Waals surface area contributed by atoms with Crippen molar-refractivity contribution in [3.63, 3.8) is 0 Å². The minimum absolute atomic E-state index is 0.00254. The Morgan fingerprint density at radius 1 is 1.17 bits per heavy atom. The van der Waals surface area contributed by atoms with Crippen molar-refractivity contribution in [2.45, 2.75) is 77.7 Å². The van der Waals surface area contributed by atoms with Gasteiger partial charge in [0.15, 0.2) is 0 Å². The molecule has 0 amide bonds. The third kappa shape index (κ3) is 6.83. The molecule has 1 N–H and O–H groups in total. The first-order valence-corrected chi connectivity index (χ1v) is 9.60. The number of esters is 1. The fraction of sp³-hybridized carbons (Fsp3) is 0.632. The first-order valence-electron chi connectivity index (χ1n) is 8.45. The predicted molar refractivity (Wildman–Crippen MR) is 100 cm³/mol. The van der Waals surface area contributed by atoms with Crippen LogP contribution in [-0.2, 0) is 16.1 Å². The molecule has 0 radical (unpaired) electrons. The van der Waals surface area contributed by atoms with E-state index in [0.717, 1.165) is 18.4 Å². The van der Waals surface area contributed by atoms with Gasteiger partial charge in [-0.25, -0.2) is 4.79 Å². The zero-order valence-electron chi connectivity index (χ0n) is 15.9. The molecule has 0 saturated heterocycles. The van der Waals surface area contributed by atoms with Crippen LogP contribution in [0.2, 0.25) is 0 Å². The van der Waals surface area contributed by atoms with Crippen molar-refractivity contribution in [3.05, 3.63) is 35.4 Å². The van der Waals surface area contributed by atoms with Crippen LogP contribution in [0.3, 0.4) is 0 Å². The van der Waals surface area contributed by atoms with Gasteiger partial charge in [-0.2, -0.15) is 0 Å². The van der Waals surface area contributed by atoms with E-state index in [1.165, 1.54) is 0 Å². The van der Waals surface area contributed by atoms with Gasteiger partial charge in [0.1, 0.15) is 10.3 Å². The molecule has 2 atom stereocenters. The van der Waals surface area contributed by atoms with Crippen LogP contribution >= 0.6 is 0 Å². The number of benzene rings is 1. The molecule has 1 aromatic carbocycles. The fourth-order valence-electron chi connectivity index (χ4n) is 2.08. The van der Waals surface area contributed by atoms with Crippen molar-refractivity contribution in [2.75, 3.05) is 0 Å². The molecule has 136 valence electrons. The third-order valence-corrected chi connectivity index (χ3v) is 4.94. The van der Waals surface area contributed by atoms with Gasteiger partial charge in [0.2, 0.25) is 0 Å². The van der Waals surface area contributed by atoms with Crippen molar-refractivity contribution in [2.24, 2.45) is 0 Å². The molecule has 1 rings (SSSR count). The van der Waals surface area contributed by atoms with Gasteiger partial charge >= 0.3 is 5.97 Å². The predicted octanol–water partition coefficient (Wildman–Crippen LogP) is 4.53. The summed E-state index contributed by atoms with van der Waals surface area (Å²) in [5.74, 6) is -0.327. The van der Waals surface area contributed by atoms with E-state index in [9.17, 15) is 9.35 Å². The summed E-state index contributed by atoms with van der Waals surface area (Å²) in [6.07, 6.45) is 1.86. The molecular weight excluding hydrogens is 322 g/mol. The first kappa shape index (κ1) is 21.0. The van der Waals surface area contributed by atoms with Crippen LogP contribution in [0.25, 0.3) is 0 Å². The van der Waals surface area contributed by atoms with E-state index in [4.69, 9.17) is 4.74 Å². The molecule has 0 heterocycles. The second-order valence-electron chi connectivity index (χ2n) is 7.96. The summed E-state index contributed by atoms with van der Waals surface area (Å²) >= 11 is -1.14. The Balaban J connectivity index is 2.88. The lowest BCUT2D eigenvalue weighted by Crippen LogP contribution is -2.41. The smallest absolute Gasteiger partial charge is 0.338 e. The number of nitrogens with one attached hydrogen (secondary N) is 1. The maximum absolute atomic E-state index is 12.4. The molecule has 0 aromatic heterocycles. The molecule has 5 heteroatoms. The average Bonchev–Trinajstić information content (AvgIpc) is 2.44. The van der Waals surface area contributed by atoms with Crippen LogP contribution in [0, 0.1) is 0 Å². The molecular formula is C19H31NO3S. The van der Waals surface area contributed by atoms with Crippen LogP contribution in [0.5, 0.6) is 0 Å².